The third-order valence-electron chi connectivity index (χ3n) is 7.64. The van der Waals surface area contributed by atoms with Crippen molar-refractivity contribution in [1.82, 2.24) is 5.32 Å². The summed E-state index contributed by atoms with van der Waals surface area (Å²) in [6.07, 6.45) is 24.7. The first-order chi connectivity index (χ1) is 18.0. The minimum Gasteiger partial charge on any atom is -0.378 e. The summed E-state index contributed by atoms with van der Waals surface area (Å²) in [5.41, 5.74) is 4.31. The van der Waals surface area contributed by atoms with E-state index in [4.69, 9.17) is 4.99 Å². The Morgan fingerprint density at radius 2 is 1.81 bits per heavy atom. The first-order valence-electron chi connectivity index (χ1n) is 13.8. The van der Waals surface area contributed by atoms with Crippen molar-refractivity contribution < 1.29 is 9.59 Å². The SMILES string of the molecule is C#C.C/C=C(\C=C/CC1=Nc2cc(NC(=O)C3CCCCC3C)ccc2NC1)C(=O)NC1CCCCC1. The number of hydrogen-bond donors (Lipinski definition) is 3. The number of benzene rings is 1. The van der Waals surface area contributed by atoms with Gasteiger partial charge in [0.05, 0.1) is 17.9 Å². The minimum absolute atomic E-state index is 0.0115. The first-order valence-corrected chi connectivity index (χ1v) is 13.8. The predicted octanol–water partition coefficient (Wildman–Crippen LogP) is 6.54. The van der Waals surface area contributed by atoms with E-state index in [-0.39, 0.29) is 17.7 Å². The molecule has 3 aliphatic rings. The third-order valence-corrected chi connectivity index (χ3v) is 7.64. The molecule has 2 unspecified atom stereocenters. The molecule has 1 aliphatic heterocycles. The van der Waals surface area contributed by atoms with Crippen molar-refractivity contribution in [3.05, 3.63) is 42.0 Å². The highest BCUT2D eigenvalue weighted by atomic mass is 16.2. The Labute approximate surface area is 222 Å². The topological polar surface area (TPSA) is 82.6 Å². The molecule has 1 aromatic rings. The van der Waals surface area contributed by atoms with Crippen LogP contribution in [0.2, 0.25) is 0 Å². The van der Waals surface area contributed by atoms with E-state index in [1.54, 1.807) is 0 Å². The second kappa shape index (κ2) is 14.4. The second-order valence-electron chi connectivity index (χ2n) is 10.3. The number of hydrogen-bond acceptors (Lipinski definition) is 4. The van der Waals surface area contributed by atoms with E-state index < -0.39 is 0 Å². The maximum Gasteiger partial charge on any atom is 0.251 e. The van der Waals surface area contributed by atoms with E-state index in [0.717, 1.165) is 54.9 Å². The summed E-state index contributed by atoms with van der Waals surface area (Å²) in [4.78, 5) is 30.3. The third kappa shape index (κ3) is 8.08. The average Bonchev–Trinajstić information content (AvgIpc) is 2.92. The molecule has 2 aliphatic carbocycles. The summed E-state index contributed by atoms with van der Waals surface area (Å²) in [6, 6.07) is 6.18. The summed E-state index contributed by atoms with van der Waals surface area (Å²) in [7, 11) is 0. The molecule has 0 spiro atoms. The quantitative estimate of drug-likeness (QED) is 0.225. The Morgan fingerprint density at radius 3 is 2.54 bits per heavy atom. The number of terminal acetylenes is 1. The molecule has 2 atom stereocenters. The van der Waals surface area contributed by atoms with Gasteiger partial charge in [0.1, 0.15) is 0 Å². The number of nitrogens with one attached hydrogen (secondary N) is 3. The van der Waals surface area contributed by atoms with Crippen LogP contribution in [0, 0.1) is 24.7 Å². The van der Waals surface area contributed by atoms with Gasteiger partial charge in [0.25, 0.3) is 5.91 Å². The first kappa shape index (κ1) is 28.2. The van der Waals surface area contributed by atoms with Crippen LogP contribution in [0.4, 0.5) is 17.1 Å². The number of nitrogens with zero attached hydrogens (tertiary/aromatic N) is 1. The molecule has 3 N–H and O–H groups in total. The molecule has 4 rings (SSSR count). The number of carbonyl (C=O) groups is 2. The van der Waals surface area contributed by atoms with Crippen molar-refractivity contribution >= 4 is 34.6 Å². The van der Waals surface area contributed by atoms with Crippen LogP contribution in [0.5, 0.6) is 0 Å². The highest BCUT2D eigenvalue weighted by molar-refractivity contribution is 5.99. The maximum atomic E-state index is 12.8. The van der Waals surface area contributed by atoms with Crippen LogP contribution >= 0.6 is 0 Å². The zero-order valence-electron chi connectivity index (χ0n) is 22.4. The number of anilines is 2. The molecule has 2 amide bonds. The largest absolute Gasteiger partial charge is 0.378 e. The Hall–Kier alpha value is -3.33. The zero-order chi connectivity index (χ0) is 26.6. The van der Waals surface area contributed by atoms with Gasteiger partial charge in [0, 0.05) is 35.4 Å². The van der Waals surface area contributed by atoms with Crippen molar-refractivity contribution in [2.24, 2.45) is 16.8 Å². The van der Waals surface area contributed by atoms with Gasteiger partial charge in [-0.05, 0) is 56.7 Å². The molecule has 37 heavy (non-hydrogen) atoms. The van der Waals surface area contributed by atoms with Gasteiger partial charge in [-0.2, -0.15) is 0 Å². The second-order valence-corrected chi connectivity index (χ2v) is 10.3. The fourth-order valence-electron chi connectivity index (χ4n) is 5.46. The van der Waals surface area contributed by atoms with Crippen molar-refractivity contribution in [3.8, 4) is 12.8 Å². The number of aliphatic imine (C=N–C) groups is 1. The molecule has 0 bridgehead atoms. The molecule has 198 valence electrons. The van der Waals surface area contributed by atoms with Crippen LogP contribution in [0.25, 0.3) is 0 Å². The van der Waals surface area contributed by atoms with E-state index >= 15 is 0 Å². The lowest BCUT2D eigenvalue weighted by molar-refractivity contribution is -0.122. The Balaban J connectivity index is 0.00000186. The maximum absolute atomic E-state index is 12.8. The summed E-state index contributed by atoms with van der Waals surface area (Å²) < 4.78 is 0. The molecular formula is C31H42N4O2. The van der Waals surface area contributed by atoms with Crippen molar-refractivity contribution in [2.45, 2.75) is 84.1 Å². The molecule has 1 heterocycles. The summed E-state index contributed by atoms with van der Waals surface area (Å²) >= 11 is 0. The molecule has 2 fully saturated rings. The summed E-state index contributed by atoms with van der Waals surface area (Å²) in [5.74, 6) is 0.667. The zero-order valence-corrected chi connectivity index (χ0v) is 22.4. The highest BCUT2D eigenvalue weighted by Crippen LogP contribution is 2.34. The molecule has 0 radical (unpaired) electrons. The van der Waals surface area contributed by atoms with E-state index in [9.17, 15) is 9.59 Å². The molecule has 6 heteroatoms. The van der Waals surface area contributed by atoms with Gasteiger partial charge < -0.3 is 16.0 Å². The van der Waals surface area contributed by atoms with E-state index in [0.29, 0.717) is 30.5 Å². The highest BCUT2D eigenvalue weighted by Gasteiger charge is 2.28. The molecular weight excluding hydrogens is 460 g/mol. The lowest BCUT2D eigenvalue weighted by Gasteiger charge is -2.27. The number of fused-ring (bicyclic) bond motifs is 1. The molecule has 0 aromatic heterocycles. The van der Waals surface area contributed by atoms with Crippen LogP contribution in [0.3, 0.4) is 0 Å². The number of carbonyl (C=O) groups excluding carboxylic acids is 2. The number of amides is 2. The van der Waals surface area contributed by atoms with Gasteiger partial charge in [-0.1, -0.05) is 57.3 Å². The van der Waals surface area contributed by atoms with Gasteiger partial charge in [-0.15, -0.1) is 12.8 Å². The van der Waals surface area contributed by atoms with Crippen molar-refractivity contribution in [2.75, 3.05) is 17.2 Å². The normalized spacial score (nSPS) is 22.1. The van der Waals surface area contributed by atoms with Crippen LogP contribution in [0.1, 0.15) is 78.1 Å². The molecule has 1 aromatic carbocycles. The van der Waals surface area contributed by atoms with E-state index in [2.05, 4.69) is 35.7 Å². The molecule has 6 nitrogen and oxygen atoms in total. The number of allylic oxidation sites excluding steroid dienone is 2. The number of rotatable bonds is 7. The molecule has 2 saturated carbocycles. The van der Waals surface area contributed by atoms with Crippen LogP contribution in [-0.2, 0) is 9.59 Å². The van der Waals surface area contributed by atoms with Gasteiger partial charge in [0.2, 0.25) is 5.91 Å². The van der Waals surface area contributed by atoms with Crippen molar-refractivity contribution in [3.63, 3.8) is 0 Å². The lowest BCUT2D eigenvalue weighted by atomic mass is 9.80. The monoisotopic (exact) mass is 502 g/mol. The minimum atomic E-state index is 0.0115. The van der Waals surface area contributed by atoms with Gasteiger partial charge in [0.15, 0.2) is 0 Å². The van der Waals surface area contributed by atoms with Crippen LogP contribution in [-0.4, -0.2) is 30.1 Å². The Morgan fingerprint density at radius 1 is 1.08 bits per heavy atom. The van der Waals surface area contributed by atoms with Gasteiger partial charge in [-0.3, -0.25) is 14.6 Å². The summed E-state index contributed by atoms with van der Waals surface area (Å²) in [5, 5.41) is 9.72. The van der Waals surface area contributed by atoms with Gasteiger partial charge in [-0.25, -0.2) is 0 Å². The standard InChI is InChI=1S/C29H40N4O2.C2H2/c1-3-21(28(34)32-22-12-5-4-6-13-22)11-9-14-24-19-30-26-17-16-23(18-27(26)31-24)33-29(35)25-15-8-7-10-20(25)2;1-2/h3,9,11,16-18,20,22,25,30H,4-8,10,12-15,19H2,1-2H3,(H,32,34)(H,33,35);1-2H/b11-9-,21-3+;. The summed E-state index contributed by atoms with van der Waals surface area (Å²) in [6.45, 7) is 4.76. The van der Waals surface area contributed by atoms with Crippen LogP contribution < -0.4 is 16.0 Å². The van der Waals surface area contributed by atoms with Gasteiger partial charge >= 0.3 is 0 Å². The van der Waals surface area contributed by atoms with E-state index in [1.165, 1.54) is 25.7 Å². The lowest BCUT2D eigenvalue weighted by Crippen LogP contribution is -2.36. The van der Waals surface area contributed by atoms with Crippen molar-refractivity contribution in [1.29, 1.82) is 0 Å². The van der Waals surface area contributed by atoms with Crippen LogP contribution in [0.15, 0.2) is 47.0 Å². The molecule has 0 saturated heterocycles. The fourth-order valence-corrected chi connectivity index (χ4v) is 5.46. The average molecular weight is 503 g/mol. The Kier molecular flexibility index (Phi) is 11.0. The predicted molar refractivity (Wildman–Crippen MR) is 154 cm³/mol. The Bertz CT molecular complexity index is 1050. The van der Waals surface area contributed by atoms with E-state index in [1.807, 2.05) is 43.4 Å². The smallest absolute Gasteiger partial charge is 0.251 e. The fraction of sp³-hybridized carbons (Fsp3) is 0.516.